The Kier molecular flexibility index (Phi) is 5.88. The third-order valence-corrected chi connectivity index (χ3v) is 3.89. The quantitative estimate of drug-likeness (QED) is 0.642. The van der Waals surface area contributed by atoms with Gasteiger partial charge in [0.2, 0.25) is 0 Å². The minimum absolute atomic E-state index is 0.660. The van der Waals surface area contributed by atoms with Crippen LogP contribution in [0.15, 0.2) is 60.9 Å². The Morgan fingerprint density at radius 3 is 2.38 bits per heavy atom. The molecule has 26 heavy (non-hydrogen) atoms. The molecule has 0 unspecified atom stereocenters. The lowest BCUT2D eigenvalue weighted by molar-refractivity contribution is 0.355. The van der Waals surface area contributed by atoms with Crippen LogP contribution in [0.25, 0.3) is 0 Å². The van der Waals surface area contributed by atoms with Crippen molar-refractivity contribution < 1.29 is 9.47 Å². The van der Waals surface area contributed by atoms with Gasteiger partial charge in [-0.2, -0.15) is 0 Å². The minimum Gasteiger partial charge on any atom is -0.493 e. The molecule has 3 aromatic rings. The number of benzene rings is 2. The Morgan fingerprint density at radius 1 is 0.846 bits per heavy atom. The lowest BCUT2D eigenvalue weighted by atomic mass is 10.1. The molecule has 0 aliphatic rings. The summed E-state index contributed by atoms with van der Waals surface area (Å²) in [7, 11) is 3.23. The summed E-state index contributed by atoms with van der Waals surface area (Å²) in [5.41, 5.74) is 2.15. The third kappa shape index (κ3) is 4.63. The van der Waals surface area contributed by atoms with E-state index in [1.807, 2.05) is 42.5 Å². The van der Waals surface area contributed by atoms with Crippen molar-refractivity contribution >= 4 is 17.3 Å². The van der Waals surface area contributed by atoms with Crippen LogP contribution >= 0.6 is 0 Å². The van der Waals surface area contributed by atoms with Crippen LogP contribution in [0.2, 0.25) is 0 Å². The molecule has 0 fully saturated rings. The topological polar surface area (TPSA) is 68.3 Å². The molecule has 0 radical (unpaired) electrons. The van der Waals surface area contributed by atoms with Crippen molar-refractivity contribution in [2.45, 2.75) is 6.42 Å². The lowest BCUT2D eigenvalue weighted by Crippen LogP contribution is -2.07. The van der Waals surface area contributed by atoms with Gasteiger partial charge in [-0.05, 0) is 24.1 Å². The van der Waals surface area contributed by atoms with Gasteiger partial charge in [-0.15, -0.1) is 0 Å². The molecule has 0 spiro atoms. The summed E-state index contributed by atoms with van der Waals surface area (Å²) in [6, 6.07) is 17.8. The van der Waals surface area contributed by atoms with Gasteiger partial charge < -0.3 is 20.1 Å². The first-order valence-corrected chi connectivity index (χ1v) is 8.37. The number of hydrogen-bond acceptors (Lipinski definition) is 6. The van der Waals surface area contributed by atoms with Crippen LogP contribution in [0.4, 0.5) is 17.3 Å². The fraction of sp³-hybridized carbons (Fsp3) is 0.200. The van der Waals surface area contributed by atoms with E-state index in [0.29, 0.717) is 17.3 Å². The van der Waals surface area contributed by atoms with Crippen LogP contribution < -0.4 is 20.1 Å². The molecule has 0 aliphatic carbocycles. The average Bonchev–Trinajstić information content (AvgIpc) is 2.69. The van der Waals surface area contributed by atoms with Crippen molar-refractivity contribution in [2.75, 3.05) is 31.4 Å². The predicted molar refractivity (Wildman–Crippen MR) is 103 cm³/mol. The van der Waals surface area contributed by atoms with Crippen LogP contribution in [-0.4, -0.2) is 30.7 Å². The van der Waals surface area contributed by atoms with E-state index in [2.05, 4.69) is 32.7 Å². The molecule has 6 nitrogen and oxygen atoms in total. The van der Waals surface area contributed by atoms with Crippen LogP contribution in [0.1, 0.15) is 5.56 Å². The summed E-state index contributed by atoms with van der Waals surface area (Å²) < 4.78 is 10.6. The van der Waals surface area contributed by atoms with Gasteiger partial charge in [0.15, 0.2) is 11.5 Å². The van der Waals surface area contributed by atoms with Gasteiger partial charge >= 0.3 is 0 Å². The van der Waals surface area contributed by atoms with E-state index in [1.54, 1.807) is 14.2 Å². The van der Waals surface area contributed by atoms with Crippen LogP contribution in [-0.2, 0) is 6.42 Å². The van der Waals surface area contributed by atoms with E-state index >= 15 is 0 Å². The number of anilines is 3. The van der Waals surface area contributed by atoms with Crippen molar-refractivity contribution in [3.8, 4) is 11.5 Å². The number of hydrogen-bond donors (Lipinski definition) is 2. The number of nitrogens with zero attached hydrogens (tertiary/aromatic N) is 2. The van der Waals surface area contributed by atoms with Crippen LogP contribution in [0, 0.1) is 0 Å². The molecule has 2 aromatic carbocycles. The fourth-order valence-electron chi connectivity index (χ4n) is 2.56. The number of aromatic nitrogens is 2. The average molecular weight is 350 g/mol. The Bertz CT molecular complexity index is 840. The standard InChI is InChI=1S/C20H22N4O2/c1-25-17-9-8-16(12-18(17)26-2)24-20-13-19(22-14-23-20)21-11-10-15-6-4-3-5-7-15/h3-9,12-14H,10-11H2,1-2H3,(H2,21,22,23,24). The highest BCUT2D eigenvalue weighted by Gasteiger charge is 2.06. The second-order valence-electron chi connectivity index (χ2n) is 5.65. The van der Waals surface area contributed by atoms with Gasteiger partial charge in [0.1, 0.15) is 18.0 Å². The molecule has 0 saturated carbocycles. The lowest BCUT2D eigenvalue weighted by Gasteiger charge is -2.11. The van der Waals surface area contributed by atoms with E-state index in [-0.39, 0.29) is 0 Å². The number of methoxy groups -OCH3 is 2. The maximum absolute atomic E-state index is 5.32. The first kappa shape index (κ1) is 17.5. The molecule has 0 atom stereocenters. The van der Waals surface area contributed by atoms with Crippen molar-refractivity contribution in [3.63, 3.8) is 0 Å². The first-order valence-electron chi connectivity index (χ1n) is 8.37. The molecule has 134 valence electrons. The second-order valence-corrected chi connectivity index (χ2v) is 5.65. The van der Waals surface area contributed by atoms with Gasteiger partial charge in [0.25, 0.3) is 0 Å². The number of rotatable bonds is 8. The Hall–Kier alpha value is -3.28. The summed E-state index contributed by atoms with van der Waals surface area (Å²) in [5.74, 6) is 2.82. The van der Waals surface area contributed by atoms with E-state index in [0.717, 1.165) is 24.5 Å². The van der Waals surface area contributed by atoms with Crippen molar-refractivity contribution in [2.24, 2.45) is 0 Å². The molecule has 3 rings (SSSR count). The summed E-state index contributed by atoms with van der Waals surface area (Å²) in [5, 5.41) is 6.58. The molecule has 0 saturated heterocycles. The van der Waals surface area contributed by atoms with Gasteiger partial charge in [-0.25, -0.2) is 9.97 Å². The second kappa shape index (κ2) is 8.71. The molecule has 0 amide bonds. The minimum atomic E-state index is 0.660. The highest BCUT2D eigenvalue weighted by molar-refractivity contribution is 5.62. The SMILES string of the molecule is COc1ccc(Nc2cc(NCCc3ccccc3)ncn2)cc1OC. The Morgan fingerprint density at radius 2 is 1.62 bits per heavy atom. The number of nitrogens with one attached hydrogen (secondary N) is 2. The molecular weight excluding hydrogens is 328 g/mol. The van der Waals surface area contributed by atoms with Crippen molar-refractivity contribution in [1.29, 1.82) is 0 Å². The van der Waals surface area contributed by atoms with Crippen LogP contribution in [0.5, 0.6) is 11.5 Å². The van der Waals surface area contributed by atoms with Gasteiger partial charge in [0, 0.05) is 24.4 Å². The normalized spacial score (nSPS) is 10.2. The smallest absolute Gasteiger partial charge is 0.162 e. The zero-order valence-electron chi connectivity index (χ0n) is 14.9. The summed E-state index contributed by atoms with van der Waals surface area (Å²) in [4.78, 5) is 8.53. The molecule has 0 aliphatic heterocycles. The molecule has 1 heterocycles. The maximum atomic E-state index is 5.32. The molecular formula is C20H22N4O2. The van der Waals surface area contributed by atoms with E-state index < -0.39 is 0 Å². The Balaban J connectivity index is 1.62. The maximum Gasteiger partial charge on any atom is 0.162 e. The summed E-state index contributed by atoms with van der Waals surface area (Å²) in [6.45, 7) is 0.802. The highest BCUT2D eigenvalue weighted by Crippen LogP contribution is 2.30. The zero-order chi connectivity index (χ0) is 18.2. The highest BCUT2D eigenvalue weighted by atomic mass is 16.5. The van der Waals surface area contributed by atoms with Crippen molar-refractivity contribution in [3.05, 3.63) is 66.5 Å². The number of ether oxygens (including phenoxy) is 2. The molecule has 6 heteroatoms. The first-order chi connectivity index (χ1) is 12.8. The monoisotopic (exact) mass is 350 g/mol. The summed E-state index contributed by atoms with van der Waals surface area (Å²) in [6.07, 6.45) is 2.47. The van der Waals surface area contributed by atoms with E-state index in [9.17, 15) is 0 Å². The largest absolute Gasteiger partial charge is 0.493 e. The van der Waals surface area contributed by atoms with E-state index in [1.165, 1.54) is 11.9 Å². The third-order valence-electron chi connectivity index (χ3n) is 3.89. The van der Waals surface area contributed by atoms with Crippen molar-refractivity contribution in [1.82, 2.24) is 9.97 Å². The fourth-order valence-corrected chi connectivity index (χ4v) is 2.56. The zero-order valence-corrected chi connectivity index (χ0v) is 14.9. The van der Waals surface area contributed by atoms with Crippen LogP contribution in [0.3, 0.4) is 0 Å². The molecule has 2 N–H and O–H groups in total. The molecule has 1 aromatic heterocycles. The predicted octanol–water partition coefficient (Wildman–Crippen LogP) is 3.89. The molecule has 0 bridgehead atoms. The summed E-state index contributed by atoms with van der Waals surface area (Å²) >= 11 is 0. The van der Waals surface area contributed by atoms with Gasteiger partial charge in [-0.1, -0.05) is 30.3 Å². The van der Waals surface area contributed by atoms with Gasteiger partial charge in [-0.3, -0.25) is 0 Å². The Labute approximate surface area is 153 Å². The van der Waals surface area contributed by atoms with Gasteiger partial charge in [0.05, 0.1) is 14.2 Å². The van der Waals surface area contributed by atoms with E-state index in [4.69, 9.17) is 9.47 Å².